The number of alkyl halides is 4. The zero-order chi connectivity index (χ0) is 34.8. The Hall–Kier alpha value is -2.40. The number of ether oxygens (including phenoxy) is 4. The molecule has 0 aromatic carbocycles. The Balaban J connectivity index is 5.84. The molecule has 0 saturated heterocycles. The molecule has 0 aliphatic rings. The SMILES string of the molecule is CCCCC(F)(F)C(=O)OCC(COC(=O)C(C)(CC)CC(C)(C)C(=O)OC(C)(C)C(C)(C)C)OC(=O)C(F)(F)CCCC. The average molecular weight is 643 g/mol. The first-order valence-electron chi connectivity index (χ1n) is 15.4. The summed E-state index contributed by atoms with van der Waals surface area (Å²) in [5, 5.41) is 0. The minimum Gasteiger partial charge on any atom is -0.461 e. The summed E-state index contributed by atoms with van der Waals surface area (Å²) in [5.74, 6) is -13.0. The molecule has 2 unspecified atom stereocenters. The van der Waals surface area contributed by atoms with Gasteiger partial charge in [-0.15, -0.1) is 0 Å². The summed E-state index contributed by atoms with van der Waals surface area (Å²) >= 11 is 0. The number of hydrogen-bond acceptors (Lipinski definition) is 8. The molecule has 0 aromatic rings. The topological polar surface area (TPSA) is 105 Å². The van der Waals surface area contributed by atoms with Crippen LogP contribution < -0.4 is 0 Å². The highest BCUT2D eigenvalue weighted by molar-refractivity contribution is 5.81. The molecule has 44 heavy (non-hydrogen) atoms. The molecule has 258 valence electrons. The number of rotatable bonds is 19. The lowest BCUT2D eigenvalue weighted by Gasteiger charge is -2.41. The maximum absolute atomic E-state index is 14.3. The molecule has 0 aromatic heterocycles. The van der Waals surface area contributed by atoms with Gasteiger partial charge in [-0.3, -0.25) is 9.59 Å². The molecule has 0 aliphatic carbocycles. The summed E-state index contributed by atoms with van der Waals surface area (Å²) in [5.41, 5.74) is -3.64. The molecule has 12 heteroatoms. The quantitative estimate of drug-likeness (QED) is 0.0798. The minimum absolute atomic E-state index is 0.0143. The van der Waals surface area contributed by atoms with E-state index in [0.717, 1.165) is 0 Å². The van der Waals surface area contributed by atoms with Gasteiger partial charge < -0.3 is 18.9 Å². The number of carbonyl (C=O) groups excluding carboxylic acids is 4. The van der Waals surface area contributed by atoms with Crippen molar-refractivity contribution in [1.29, 1.82) is 0 Å². The first kappa shape index (κ1) is 41.6. The lowest BCUT2D eigenvalue weighted by Crippen LogP contribution is -2.46. The molecule has 0 bridgehead atoms. The van der Waals surface area contributed by atoms with Crippen LogP contribution in [0.2, 0.25) is 0 Å². The van der Waals surface area contributed by atoms with Gasteiger partial charge in [0.25, 0.3) is 0 Å². The van der Waals surface area contributed by atoms with Crippen LogP contribution in [0.5, 0.6) is 0 Å². The van der Waals surface area contributed by atoms with Crippen molar-refractivity contribution >= 4 is 23.9 Å². The molecule has 0 spiro atoms. The maximum atomic E-state index is 14.3. The average Bonchev–Trinajstić information content (AvgIpc) is 2.90. The van der Waals surface area contributed by atoms with Crippen LogP contribution in [0.15, 0.2) is 0 Å². The van der Waals surface area contributed by atoms with E-state index in [4.69, 9.17) is 14.2 Å². The van der Waals surface area contributed by atoms with E-state index in [2.05, 4.69) is 4.74 Å². The number of halogens is 4. The Morgan fingerprint density at radius 3 is 1.48 bits per heavy atom. The highest BCUT2D eigenvalue weighted by Gasteiger charge is 2.47. The lowest BCUT2D eigenvalue weighted by molar-refractivity contribution is -0.194. The van der Waals surface area contributed by atoms with E-state index in [0.29, 0.717) is 12.8 Å². The van der Waals surface area contributed by atoms with Crippen LogP contribution in [0.3, 0.4) is 0 Å². The third kappa shape index (κ3) is 12.5. The molecular weight excluding hydrogens is 588 g/mol. The highest BCUT2D eigenvalue weighted by Crippen LogP contribution is 2.41. The van der Waals surface area contributed by atoms with Crippen LogP contribution in [0.4, 0.5) is 17.6 Å². The summed E-state index contributed by atoms with van der Waals surface area (Å²) in [6.07, 6.45) is -2.37. The fraction of sp³-hybridized carbons (Fsp3) is 0.875. The largest absolute Gasteiger partial charge is 0.461 e. The van der Waals surface area contributed by atoms with Crippen LogP contribution in [0.25, 0.3) is 0 Å². The Morgan fingerprint density at radius 2 is 1.07 bits per heavy atom. The Kier molecular flexibility index (Phi) is 15.4. The van der Waals surface area contributed by atoms with Crippen molar-refractivity contribution in [3.8, 4) is 0 Å². The first-order valence-corrected chi connectivity index (χ1v) is 15.4. The van der Waals surface area contributed by atoms with Crippen LogP contribution in [-0.2, 0) is 38.1 Å². The van der Waals surface area contributed by atoms with Gasteiger partial charge in [-0.25, -0.2) is 9.59 Å². The fourth-order valence-electron chi connectivity index (χ4n) is 3.88. The van der Waals surface area contributed by atoms with Crippen LogP contribution in [0.1, 0.15) is 128 Å². The monoisotopic (exact) mass is 642 g/mol. The molecule has 0 fully saturated rings. The standard InChI is InChI=1S/C32H54F4O8/c1-12-15-17-31(33,34)25(39)42-20-22(43-26(40)32(35,36)18-16-13-2)19-41-24(38)30(11,14-3)21-28(7,8)23(37)44-29(9,10)27(4,5)6/h22H,12-21H2,1-11H3. The lowest BCUT2D eigenvalue weighted by atomic mass is 9.72. The molecule has 0 N–H and O–H groups in total. The molecule has 0 saturated carbocycles. The van der Waals surface area contributed by atoms with Gasteiger partial charge in [0, 0.05) is 18.3 Å². The van der Waals surface area contributed by atoms with E-state index in [1.54, 1.807) is 55.4 Å². The van der Waals surface area contributed by atoms with Gasteiger partial charge in [0.2, 0.25) is 0 Å². The van der Waals surface area contributed by atoms with Gasteiger partial charge >= 0.3 is 35.7 Å². The maximum Gasteiger partial charge on any atom is 0.377 e. The van der Waals surface area contributed by atoms with E-state index < -0.39 is 84.3 Å². The molecule has 0 aliphatic heterocycles. The van der Waals surface area contributed by atoms with Crippen molar-refractivity contribution in [2.75, 3.05) is 13.2 Å². The summed E-state index contributed by atoms with van der Waals surface area (Å²) in [6, 6.07) is 0. The van der Waals surface area contributed by atoms with Crippen LogP contribution in [0, 0.1) is 16.2 Å². The third-order valence-electron chi connectivity index (χ3n) is 8.17. The van der Waals surface area contributed by atoms with E-state index in [9.17, 15) is 36.7 Å². The zero-order valence-corrected chi connectivity index (χ0v) is 28.4. The molecular formula is C32H54F4O8. The number of unbranched alkanes of at least 4 members (excludes halogenated alkanes) is 2. The van der Waals surface area contributed by atoms with Gasteiger partial charge in [0.05, 0.1) is 10.8 Å². The fourth-order valence-corrected chi connectivity index (χ4v) is 3.88. The van der Waals surface area contributed by atoms with Crippen molar-refractivity contribution in [1.82, 2.24) is 0 Å². The summed E-state index contributed by atoms with van der Waals surface area (Å²) in [6.45, 7) is 17.2. The Bertz CT molecular complexity index is 972. The van der Waals surface area contributed by atoms with Crippen LogP contribution >= 0.6 is 0 Å². The molecule has 0 radical (unpaired) electrons. The van der Waals surface area contributed by atoms with E-state index in [1.165, 1.54) is 0 Å². The minimum atomic E-state index is -3.89. The van der Waals surface area contributed by atoms with Crippen molar-refractivity contribution in [3.63, 3.8) is 0 Å². The molecule has 0 rings (SSSR count). The van der Waals surface area contributed by atoms with Crippen molar-refractivity contribution in [3.05, 3.63) is 0 Å². The predicted molar refractivity (Wildman–Crippen MR) is 157 cm³/mol. The first-order chi connectivity index (χ1) is 19.8. The molecule has 2 atom stereocenters. The van der Waals surface area contributed by atoms with Gasteiger partial charge in [-0.05, 0) is 60.3 Å². The highest BCUT2D eigenvalue weighted by atomic mass is 19.3. The number of esters is 4. The molecule has 0 amide bonds. The van der Waals surface area contributed by atoms with Crippen molar-refractivity contribution in [2.24, 2.45) is 16.2 Å². The Labute approximate surface area is 260 Å². The zero-order valence-electron chi connectivity index (χ0n) is 28.4. The normalized spacial score (nSPS) is 15.2. The second-order valence-corrected chi connectivity index (χ2v) is 14.0. The summed E-state index contributed by atoms with van der Waals surface area (Å²) < 4.78 is 77.5. The second-order valence-electron chi connectivity index (χ2n) is 14.0. The van der Waals surface area contributed by atoms with E-state index in [-0.39, 0.29) is 31.1 Å². The van der Waals surface area contributed by atoms with Crippen molar-refractivity contribution in [2.45, 2.75) is 151 Å². The van der Waals surface area contributed by atoms with Crippen LogP contribution in [-0.4, -0.2) is 60.6 Å². The number of hydrogen-bond donors (Lipinski definition) is 0. The van der Waals surface area contributed by atoms with Gasteiger partial charge in [-0.2, -0.15) is 17.6 Å². The molecule has 8 nitrogen and oxygen atoms in total. The third-order valence-corrected chi connectivity index (χ3v) is 8.17. The van der Waals surface area contributed by atoms with E-state index >= 15 is 0 Å². The number of carbonyl (C=O) groups is 4. The van der Waals surface area contributed by atoms with Crippen molar-refractivity contribution < 1.29 is 55.7 Å². The predicted octanol–water partition coefficient (Wildman–Crippen LogP) is 7.84. The Morgan fingerprint density at radius 1 is 0.636 bits per heavy atom. The van der Waals surface area contributed by atoms with Gasteiger partial charge in [0.1, 0.15) is 18.8 Å². The van der Waals surface area contributed by atoms with Gasteiger partial charge in [-0.1, -0.05) is 54.4 Å². The summed E-state index contributed by atoms with van der Waals surface area (Å²) in [4.78, 5) is 50.7. The summed E-state index contributed by atoms with van der Waals surface area (Å²) in [7, 11) is 0. The molecule has 0 heterocycles. The van der Waals surface area contributed by atoms with Gasteiger partial charge in [0.15, 0.2) is 6.10 Å². The second kappa shape index (κ2) is 16.2. The van der Waals surface area contributed by atoms with E-state index in [1.807, 2.05) is 20.8 Å². The smallest absolute Gasteiger partial charge is 0.377 e.